The van der Waals surface area contributed by atoms with Gasteiger partial charge in [-0.15, -0.1) is 0 Å². The lowest BCUT2D eigenvalue weighted by Gasteiger charge is -2.41. The molecule has 0 aromatic carbocycles. The van der Waals surface area contributed by atoms with Crippen molar-refractivity contribution in [1.82, 2.24) is 0 Å². The molecule has 0 spiro atoms. The molecule has 4 heteroatoms. The lowest BCUT2D eigenvalue weighted by Crippen LogP contribution is -2.48. The summed E-state index contributed by atoms with van der Waals surface area (Å²) in [4.78, 5) is 11.7. The summed E-state index contributed by atoms with van der Waals surface area (Å²) in [5.74, 6) is -0.319. The van der Waals surface area contributed by atoms with E-state index in [9.17, 15) is 15.0 Å². The highest BCUT2D eigenvalue weighted by molar-refractivity contribution is 5.87. The van der Waals surface area contributed by atoms with Crippen LogP contribution in [0.4, 0.5) is 0 Å². The molecule has 4 aliphatic carbocycles. The van der Waals surface area contributed by atoms with E-state index in [1.165, 1.54) is 0 Å². The molecule has 0 radical (unpaired) electrons. The van der Waals surface area contributed by atoms with Crippen molar-refractivity contribution in [2.24, 2.45) is 5.92 Å². The van der Waals surface area contributed by atoms with Crippen molar-refractivity contribution in [1.29, 1.82) is 0 Å². The Balaban J connectivity index is 1.90. The molecule has 4 fully saturated rings. The molecule has 4 bridgehead atoms. The topological polar surface area (TPSA) is 66.8 Å². The first-order valence-electron chi connectivity index (χ1n) is 6.10. The molecule has 4 nitrogen and oxygen atoms in total. The zero-order valence-electron chi connectivity index (χ0n) is 10.0. The van der Waals surface area contributed by atoms with Crippen LogP contribution in [-0.4, -0.2) is 33.0 Å². The number of rotatable bonds is 2. The van der Waals surface area contributed by atoms with Gasteiger partial charge in [-0.25, -0.2) is 4.79 Å². The van der Waals surface area contributed by atoms with Crippen molar-refractivity contribution >= 4 is 5.97 Å². The number of hydrogen-bond acceptors (Lipinski definition) is 4. The van der Waals surface area contributed by atoms with Crippen LogP contribution in [-0.2, 0) is 9.53 Å². The van der Waals surface area contributed by atoms with Gasteiger partial charge in [-0.3, -0.25) is 0 Å². The highest BCUT2D eigenvalue weighted by atomic mass is 16.6. The first kappa shape index (κ1) is 11.2. The van der Waals surface area contributed by atoms with E-state index in [2.05, 4.69) is 6.58 Å². The van der Waals surface area contributed by atoms with Crippen molar-refractivity contribution in [3.63, 3.8) is 0 Å². The molecule has 0 aliphatic heterocycles. The maximum atomic E-state index is 11.7. The van der Waals surface area contributed by atoms with Crippen LogP contribution in [0.25, 0.3) is 0 Å². The van der Waals surface area contributed by atoms with Crippen molar-refractivity contribution in [2.45, 2.75) is 55.8 Å². The maximum absolute atomic E-state index is 11.7. The van der Waals surface area contributed by atoms with E-state index in [1.54, 1.807) is 6.92 Å². The zero-order valence-corrected chi connectivity index (χ0v) is 10.0. The summed E-state index contributed by atoms with van der Waals surface area (Å²) in [7, 11) is 0. The van der Waals surface area contributed by atoms with Crippen LogP contribution < -0.4 is 0 Å². The van der Waals surface area contributed by atoms with Crippen LogP contribution in [0, 0.1) is 5.92 Å². The second-order valence-electron chi connectivity index (χ2n) is 6.32. The standard InChI is InChI=1S/C13H18O4/c1-8(2)10(14)17-13-6-11(15)3-9(13)4-12(16,5-11)7-13/h9,15-16H,1,3-7H2,2H3. The minimum Gasteiger partial charge on any atom is -0.455 e. The molecule has 0 heterocycles. The Morgan fingerprint density at radius 1 is 1.24 bits per heavy atom. The average Bonchev–Trinajstić information content (AvgIpc) is 2.42. The molecule has 94 valence electrons. The molecule has 17 heavy (non-hydrogen) atoms. The fraction of sp³-hybridized carbons (Fsp3) is 0.769. The predicted molar refractivity (Wildman–Crippen MR) is 60.1 cm³/mol. The lowest BCUT2D eigenvalue weighted by molar-refractivity contribution is -0.167. The quantitative estimate of drug-likeness (QED) is 0.554. The molecule has 2 N–H and O–H groups in total. The van der Waals surface area contributed by atoms with Gasteiger partial charge < -0.3 is 14.9 Å². The molecule has 0 saturated heterocycles. The first-order valence-corrected chi connectivity index (χ1v) is 6.10. The Hall–Kier alpha value is -0.870. The predicted octanol–water partition coefficient (Wildman–Crippen LogP) is 0.914. The van der Waals surface area contributed by atoms with Crippen molar-refractivity contribution in [3.8, 4) is 0 Å². The number of esters is 1. The fourth-order valence-electron chi connectivity index (χ4n) is 4.28. The summed E-state index contributed by atoms with van der Waals surface area (Å²) in [6.07, 6.45) is 2.62. The van der Waals surface area contributed by atoms with Crippen LogP contribution in [0.1, 0.15) is 39.0 Å². The van der Waals surface area contributed by atoms with E-state index in [-0.39, 0.29) is 5.92 Å². The molecule has 0 amide bonds. The summed E-state index contributed by atoms with van der Waals surface area (Å²) >= 11 is 0. The van der Waals surface area contributed by atoms with E-state index in [1.807, 2.05) is 0 Å². The monoisotopic (exact) mass is 238 g/mol. The summed E-state index contributed by atoms with van der Waals surface area (Å²) < 4.78 is 5.56. The first-order chi connectivity index (χ1) is 7.76. The van der Waals surface area contributed by atoms with Gasteiger partial charge in [0.1, 0.15) is 5.60 Å². The molecule has 4 rings (SSSR count). The number of carbonyl (C=O) groups excluding carboxylic acids is 1. The largest absolute Gasteiger partial charge is 0.455 e. The van der Waals surface area contributed by atoms with Gasteiger partial charge in [-0.2, -0.15) is 0 Å². The van der Waals surface area contributed by atoms with Gasteiger partial charge in [0.25, 0.3) is 0 Å². The Kier molecular flexibility index (Phi) is 1.93. The second-order valence-corrected chi connectivity index (χ2v) is 6.32. The van der Waals surface area contributed by atoms with E-state index in [0.717, 1.165) is 0 Å². The van der Waals surface area contributed by atoms with Gasteiger partial charge in [0.15, 0.2) is 0 Å². The van der Waals surface area contributed by atoms with Crippen LogP contribution in [0.3, 0.4) is 0 Å². The number of aliphatic hydroxyl groups is 2. The summed E-state index contributed by atoms with van der Waals surface area (Å²) in [5.41, 5.74) is -1.97. The smallest absolute Gasteiger partial charge is 0.333 e. The molecular formula is C13H18O4. The summed E-state index contributed by atoms with van der Waals surface area (Å²) in [6, 6.07) is 0. The zero-order chi connectivity index (χ0) is 12.5. The third-order valence-corrected chi connectivity index (χ3v) is 4.56. The van der Waals surface area contributed by atoms with Gasteiger partial charge in [0.05, 0.1) is 11.2 Å². The molecule has 2 unspecified atom stereocenters. The summed E-state index contributed by atoms with van der Waals surface area (Å²) in [6.45, 7) is 5.19. The fourth-order valence-corrected chi connectivity index (χ4v) is 4.28. The van der Waals surface area contributed by atoms with E-state index in [4.69, 9.17) is 4.74 Å². The van der Waals surface area contributed by atoms with Crippen LogP contribution in [0.2, 0.25) is 0 Å². The van der Waals surface area contributed by atoms with E-state index in [0.29, 0.717) is 37.7 Å². The van der Waals surface area contributed by atoms with Crippen LogP contribution in [0.15, 0.2) is 12.2 Å². The van der Waals surface area contributed by atoms with Crippen molar-refractivity contribution in [3.05, 3.63) is 12.2 Å². The van der Waals surface area contributed by atoms with Gasteiger partial charge in [-0.1, -0.05) is 6.58 Å². The molecular weight excluding hydrogens is 220 g/mol. The molecule has 4 saturated carbocycles. The lowest BCUT2D eigenvalue weighted by atomic mass is 9.75. The number of ether oxygens (including phenoxy) is 1. The minimum absolute atomic E-state index is 0.0922. The van der Waals surface area contributed by atoms with Gasteiger partial charge in [0, 0.05) is 30.8 Å². The Morgan fingerprint density at radius 3 is 2.24 bits per heavy atom. The second kappa shape index (κ2) is 2.93. The SMILES string of the molecule is C=C(C)C(=O)OC12CC3(O)CC1CC(O)(C3)C2. The van der Waals surface area contributed by atoms with Crippen LogP contribution >= 0.6 is 0 Å². The minimum atomic E-state index is -0.842. The van der Waals surface area contributed by atoms with Gasteiger partial charge in [-0.05, 0) is 19.8 Å². The van der Waals surface area contributed by atoms with Crippen molar-refractivity contribution in [2.75, 3.05) is 0 Å². The average molecular weight is 238 g/mol. The molecule has 0 aromatic heterocycles. The summed E-state index contributed by atoms with van der Waals surface area (Å²) in [5, 5.41) is 20.7. The van der Waals surface area contributed by atoms with Gasteiger partial charge >= 0.3 is 5.97 Å². The highest BCUT2D eigenvalue weighted by Crippen LogP contribution is 2.65. The third-order valence-electron chi connectivity index (χ3n) is 4.56. The normalized spacial score (nSPS) is 50.6. The van der Waals surface area contributed by atoms with E-state index >= 15 is 0 Å². The maximum Gasteiger partial charge on any atom is 0.333 e. The van der Waals surface area contributed by atoms with Gasteiger partial charge in [0.2, 0.25) is 0 Å². The van der Waals surface area contributed by atoms with Crippen LogP contribution in [0.5, 0.6) is 0 Å². The highest BCUT2D eigenvalue weighted by Gasteiger charge is 2.71. The van der Waals surface area contributed by atoms with E-state index < -0.39 is 22.8 Å². The molecule has 2 atom stereocenters. The molecule has 0 aromatic rings. The number of carbonyl (C=O) groups is 1. The Labute approximate surface area is 100 Å². The Bertz CT molecular complexity index is 396. The number of hydrogen-bond donors (Lipinski definition) is 2. The van der Waals surface area contributed by atoms with Crippen molar-refractivity contribution < 1.29 is 19.7 Å². The third kappa shape index (κ3) is 1.47. The Morgan fingerprint density at radius 2 is 1.76 bits per heavy atom. The molecule has 4 aliphatic rings.